The highest BCUT2D eigenvalue weighted by molar-refractivity contribution is 7.89. The van der Waals surface area contributed by atoms with Crippen molar-refractivity contribution in [3.8, 4) is 5.75 Å². The molecule has 0 atom stereocenters. The van der Waals surface area contributed by atoms with Crippen molar-refractivity contribution in [2.24, 2.45) is 5.10 Å². The number of aryl methyl sites for hydroxylation is 1. The molecule has 26 heavy (non-hydrogen) atoms. The Morgan fingerprint density at radius 2 is 1.96 bits per heavy atom. The number of para-hydroxylation sites is 1. The minimum Gasteiger partial charge on any atom is -0.496 e. The van der Waals surface area contributed by atoms with Gasteiger partial charge >= 0.3 is 0 Å². The molecule has 0 aliphatic rings. The van der Waals surface area contributed by atoms with Gasteiger partial charge in [0.15, 0.2) is 0 Å². The normalized spacial score (nSPS) is 11.8. The molecule has 9 heteroatoms. The summed E-state index contributed by atoms with van der Waals surface area (Å²) in [5, 5.41) is 14.6. The summed E-state index contributed by atoms with van der Waals surface area (Å²) in [5.74, 6) is 0.671. The number of nitro benzene ring substituents is 1. The molecule has 0 fully saturated rings. The number of nitrogens with zero attached hydrogens (tertiary/aromatic N) is 2. The maximum Gasteiger partial charge on any atom is 0.276 e. The second-order valence-corrected chi connectivity index (χ2v) is 6.84. The molecular formula is C17H17N3O5S. The molecule has 136 valence electrons. The molecule has 0 amide bonds. The van der Waals surface area contributed by atoms with Gasteiger partial charge in [-0.05, 0) is 31.2 Å². The lowest BCUT2D eigenvalue weighted by Gasteiger charge is -2.04. The van der Waals surface area contributed by atoms with Crippen LogP contribution in [0.3, 0.4) is 0 Å². The van der Waals surface area contributed by atoms with Gasteiger partial charge in [0.2, 0.25) is 0 Å². The maximum atomic E-state index is 12.2. The Labute approximate surface area is 151 Å². The van der Waals surface area contributed by atoms with Crippen LogP contribution in [0.2, 0.25) is 0 Å². The lowest BCUT2D eigenvalue weighted by atomic mass is 10.2. The van der Waals surface area contributed by atoms with E-state index in [0.29, 0.717) is 11.3 Å². The van der Waals surface area contributed by atoms with E-state index in [1.807, 2.05) is 23.0 Å². The Balaban J connectivity index is 2.10. The lowest BCUT2D eigenvalue weighted by Crippen LogP contribution is -2.18. The Morgan fingerprint density at radius 3 is 2.65 bits per heavy atom. The van der Waals surface area contributed by atoms with E-state index >= 15 is 0 Å². The van der Waals surface area contributed by atoms with Crippen LogP contribution in [0.4, 0.5) is 5.69 Å². The zero-order valence-corrected chi connectivity index (χ0v) is 14.9. The summed E-state index contributed by atoms with van der Waals surface area (Å²) in [5.41, 5.74) is 0.906. The van der Waals surface area contributed by atoms with Crippen molar-refractivity contribution in [2.75, 3.05) is 7.11 Å². The number of rotatable bonds is 7. The van der Waals surface area contributed by atoms with Crippen LogP contribution in [0.1, 0.15) is 11.1 Å². The molecule has 2 aromatic carbocycles. The molecule has 0 aromatic heterocycles. The van der Waals surface area contributed by atoms with E-state index in [-0.39, 0.29) is 10.6 Å². The summed E-state index contributed by atoms with van der Waals surface area (Å²) in [4.78, 5) is 12.1. The molecule has 0 aliphatic heterocycles. The Hall–Kier alpha value is -3.20. The largest absolute Gasteiger partial charge is 0.496 e. The monoisotopic (exact) mass is 375 g/mol. The molecule has 0 saturated carbocycles. The van der Waals surface area contributed by atoms with Crippen molar-refractivity contribution in [1.29, 1.82) is 0 Å². The predicted molar refractivity (Wildman–Crippen MR) is 98.7 cm³/mol. The number of ether oxygens (including phenoxy) is 1. The highest BCUT2D eigenvalue weighted by Crippen LogP contribution is 2.22. The fourth-order valence-corrected chi connectivity index (χ4v) is 2.92. The van der Waals surface area contributed by atoms with Crippen molar-refractivity contribution in [1.82, 2.24) is 4.83 Å². The number of nitro groups is 1. The summed E-state index contributed by atoms with van der Waals surface area (Å²) in [6.07, 6.45) is 4.50. The van der Waals surface area contributed by atoms with Gasteiger partial charge in [0.05, 0.1) is 16.9 Å². The third kappa shape index (κ3) is 4.67. The fourth-order valence-electron chi connectivity index (χ4n) is 2.10. The molecule has 0 saturated heterocycles. The van der Waals surface area contributed by atoms with E-state index < -0.39 is 14.9 Å². The van der Waals surface area contributed by atoms with Crippen LogP contribution in [0, 0.1) is 17.0 Å². The number of nitrogens with one attached hydrogen (secondary N) is 1. The number of allylic oxidation sites excluding steroid dienone is 1. The van der Waals surface area contributed by atoms with Gasteiger partial charge in [-0.25, -0.2) is 4.83 Å². The molecule has 0 heterocycles. The van der Waals surface area contributed by atoms with Crippen LogP contribution >= 0.6 is 0 Å². The quantitative estimate of drug-likeness (QED) is 0.454. The van der Waals surface area contributed by atoms with Crippen LogP contribution in [0.15, 0.2) is 58.5 Å². The first kappa shape index (κ1) is 19.1. The van der Waals surface area contributed by atoms with Crippen molar-refractivity contribution >= 4 is 28.0 Å². The van der Waals surface area contributed by atoms with E-state index in [4.69, 9.17) is 4.74 Å². The minimum absolute atomic E-state index is 0.236. The second kappa shape index (κ2) is 8.26. The number of methoxy groups -OCH3 is 1. The third-order valence-corrected chi connectivity index (χ3v) is 4.66. The Kier molecular flexibility index (Phi) is 6.07. The molecule has 2 aromatic rings. The maximum absolute atomic E-state index is 12.2. The average Bonchev–Trinajstić information content (AvgIpc) is 2.61. The summed E-state index contributed by atoms with van der Waals surface area (Å²) in [7, 11) is -2.45. The van der Waals surface area contributed by atoms with Crippen LogP contribution in [-0.2, 0) is 10.0 Å². The molecule has 2 rings (SSSR count). The molecule has 8 nitrogen and oxygen atoms in total. The summed E-state index contributed by atoms with van der Waals surface area (Å²) in [6, 6.07) is 11.0. The molecular weight excluding hydrogens is 358 g/mol. The predicted octanol–water partition coefficient (Wildman–Crippen LogP) is 2.89. The van der Waals surface area contributed by atoms with E-state index in [0.717, 1.165) is 11.6 Å². The van der Waals surface area contributed by atoms with E-state index in [1.165, 1.54) is 31.3 Å². The standard InChI is InChI=1S/C17H17N3O5S/c1-13-9-10-15(12-16(13)20(21)22)26(23,24)19-18-11-5-7-14-6-3-4-8-17(14)25-2/h3-12,19H,1-2H3/b7-5+,18-11+. The lowest BCUT2D eigenvalue weighted by molar-refractivity contribution is -0.385. The number of hydrazone groups is 1. The summed E-state index contributed by atoms with van der Waals surface area (Å²) >= 11 is 0. The zero-order valence-electron chi connectivity index (χ0n) is 14.1. The average molecular weight is 375 g/mol. The molecule has 0 spiro atoms. The Bertz CT molecular complexity index is 968. The molecule has 0 bridgehead atoms. The van der Waals surface area contributed by atoms with Crippen molar-refractivity contribution in [3.63, 3.8) is 0 Å². The molecule has 0 radical (unpaired) electrons. The van der Waals surface area contributed by atoms with Gasteiger partial charge in [0.1, 0.15) is 5.75 Å². The highest BCUT2D eigenvalue weighted by atomic mass is 32.2. The first-order chi connectivity index (χ1) is 12.3. The van der Waals surface area contributed by atoms with Gasteiger partial charge < -0.3 is 4.74 Å². The van der Waals surface area contributed by atoms with Gasteiger partial charge in [-0.3, -0.25) is 10.1 Å². The molecule has 1 N–H and O–H groups in total. The van der Waals surface area contributed by atoms with Gasteiger partial charge in [0, 0.05) is 23.4 Å². The molecule has 0 aliphatic carbocycles. The third-order valence-electron chi connectivity index (χ3n) is 3.44. The van der Waals surface area contributed by atoms with Gasteiger partial charge in [-0.2, -0.15) is 13.5 Å². The van der Waals surface area contributed by atoms with Gasteiger partial charge in [0.25, 0.3) is 15.7 Å². The first-order valence-electron chi connectivity index (χ1n) is 7.45. The highest BCUT2D eigenvalue weighted by Gasteiger charge is 2.19. The van der Waals surface area contributed by atoms with Crippen LogP contribution < -0.4 is 9.57 Å². The van der Waals surface area contributed by atoms with E-state index in [9.17, 15) is 18.5 Å². The van der Waals surface area contributed by atoms with Gasteiger partial charge in [-0.15, -0.1) is 0 Å². The van der Waals surface area contributed by atoms with Gasteiger partial charge in [-0.1, -0.05) is 24.3 Å². The van der Waals surface area contributed by atoms with E-state index in [1.54, 1.807) is 19.3 Å². The van der Waals surface area contributed by atoms with Crippen LogP contribution in [0.25, 0.3) is 6.08 Å². The number of benzene rings is 2. The number of hydrogen-bond acceptors (Lipinski definition) is 6. The SMILES string of the molecule is COc1ccccc1/C=C/C=N/NS(=O)(=O)c1ccc(C)c([N+](=O)[O-])c1. The number of sulfonamides is 1. The van der Waals surface area contributed by atoms with E-state index in [2.05, 4.69) is 5.10 Å². The van der Waals surface area contributed by atoms with Crippen molar-refractivity contribution in [2.45, 2.75) is 11.8 Å². The van der Waals surface area contributed by atoms with Crippen molar-refractivity contribution < 1.29 is 18.1 Å². The topological polar surface area (TPSA) is 111 Å². The second-order valence-electron chi connectivity index (χ2n) is 5.18. The Morgan fingerprint density at radius 1 is 1.23 bits per heavy atom. The number of hydrogen-bond donors (Lipinski definition) is 1. The smallest absolute Gasteiger partial charge is 0.276 e. The minimum atomic E-state index is -4.00. The molecule has 0 unspecified atom stereocenters. The summed E-state index contributed by atoms with van der Waals surface area (Å²) < 4.78 is 29.5. The van der Waals surface area contributed by atoms with Crippen LogP contribution in [0.5, 0.6) is 5.75 Å². The fraction of sp³-hybridized carbons (Fsp3) is 0.118. The summed E-state index contributed by atoms with van der Waals surface area (Å²) in [6.45, 7) is 1.53. The van der Waals surface area contributed by atoms with Crippen molar-refractivity contribution in [3.05, 3.63) is 69.8 Å². The zero-order chi connectivity index (χ0) is 19.2. The van der Waals surface area contributed by atoms with Crippen LogP contribution in [-0.4, -0.2) is 26.7 Å². The first-order valence-corrected chi connectivity index (χ1v) is 8.93.